The van der Waals surface area contributed by atoms with Crippen LogP contribution in [0.5, 0.6) is 0 Å². The molecular weight excluding hydrogens is 767 g/mol. The van der Waals surface area contributed by atoms with Crippen molar-refractivity contribution < 1.29 is 8.83 Å². The molecule has 0 atom stereocenters. The molecule has 0 bridgehead atoms. The number of rotatable bonds is 1. The van der Waals surface area contributed by atoms with Gasteiger partial charge in [-0.25, -0.2) is 0 Å². The summed E-state index contributed by atoms with van der Waals surface area (Å²) < 4.78 is 17.4. The molecule has 2 aliphatic heterocycles. The van der Waals surface area contributed by atoms with E-state index in [0.717, 1.165) is 57.4 Å². The number of furan rings is 2. The molecule has 0 fully saturated rings. The van der Waals surface area contributed by atoms with Crippen molar-refractivity contribution in [2.75, 3.05) is 4.81 Å². The highest BCUT2D eigenvalue weighted by Gasteiger charge is 2.50. The zero-order valence-corrected chi connectivity index (χ0v) is 39.4. The Bertz CT molecular complexity index is 3460. The van der Waals surface area contributed by atoms with E-state index in [1.165, 1.54) is 77.3 Å². The van der Waals surface area contributed by atoms with Gasteiger partial charge in [0.15, 0.2) is 0 Å². The summed E-state index contributed by atoms with van der Waals surface area (Å²) in [6, 6.07) is 37.4. The van der Waals surface area contributed by atoms with E-state index in [1.54, 1.807) is 0 Å². The summed E-state index contributed by atoms with van der Waals surface area (Å²) in [6.07, 6.45) is 2.30. The zero-order chi connectivity index (χ0) is 44.1. The minimum Gasteiger partial charge on any atom is -0.466 e. The number of para-hydroxylation sites is 1. The van der Waals surface area contributed by atoms with Crippen LogP contribution in [0.1, 0.15) is 131 Å². The molecule has 0 amide bonds. The molecule has 6 aromatic carbocycles. The molecule has 316 valence electrons. The van der Waals surface area contributed by atoms with Crippen LogP contribution in [0.15, 0.2) is 106 Å². The first-order valence-electron chi connectivity index (χ1n) is 23.3. The molecule has 0 N–H and O–H groups in total. The van der Waals surface area contributed by atoms with E-state index in [1.807, 2.05) is 0 Å². The van der Waals surface area contributed by atoms with Gasteiger partial charge in [0.05, 0.1) is 22.1 Å². The van der Waals surface area contributed by atoms with E-state index in [0.29, 0.717) is 0 Å². The maximum atomic E-state index is 7.46. The Balaban J connectivity index is 1.35. The predicted molar refractivity (Wildman–Crippen MR) is 268 cm³/mol. The predicted octanol–water partition coefficient (Wildman–Crippen LogP) is 14.9. The van der Waals surface area contributed by atoms with Gasteiger partial charge in [0.1, 0.15) is 22.4 Å². The van der Waals surface area contributed by atoms with Crippen LogP contribution in [-0.2, 0) is 27.1 Å². The summed E-state index contributed by atoms with van der Waals surface area (Å²) in [6.45, 7) is 30.3. The van der Waals surface area contributed by atoms with Crippen molar-refractivity contribution in [1.82, 2.24) is 4.57 Å². The topological polar surface area (TPSA) is 34.5 Å². The van der Waals surface area contributed by atoms with E-state index in [4.69, 9.17) is 8.83 Å². The van der Waals surface area contributed by atoms with Gasteiger partial charge in [-0.2, -0.15) is 0 Å². The van der Waals surface area contributed by atoms with E-state index < -0.39 is 0 Å². The average molecular weight is 827 g/mol. The number of benzene rings is 6. The second kappa shape index (κ2) is 12.1. The molecule has 4 nitrogen and oxygen atoms in total. The van der Waals surface area contributed by atoms with Gasteiger partial charge in [-0.3, -0.25) is 0 Å². The summed E-state index contributed by atoms with van der Waals surface area (Å²) in [5.74, 6) is 0. The smallest absolute Gasteiger partial charge is 0.376 e. The first-order valence-corrected chi connectivity index (χ1v) is 23.3. The third kappa shape index (κ3) is 5.23. The highest BCUT2D eigenvalue weighted by atomic mass is 16.3. The largest absolute Gasteiger partial charge is 0.466 e. The van der Waals surface area contributed by atoms with Gasteiger partial charge in [0, 0.05) is 38.5 Å². The Labute approximate surface area is 372 Å². The van der Waals surface area contributed by atoms with Crippen LogP contribution in [0.2, 0.25) is 0 Å². The van der Waals surface area contributed by atoms with Crippen LogP contribution in [0, 0.1) is 0 Å². The Morgan fingerprint density at radius 3 is 1.86 bits per heavy atom. The van der Waals surface area contributed by atoms with Crippen LogP contribution in [0.3, 0.4) is 0 Å². The monoisotopic (exact) mass is 826 g/mol. The Morgan fingerprint density at radius 1 is 0.571 bits per heavy atom. The molecule has 0 unspecified atom stereocenters. The number of fused-ring (bicyclic) bond motifs is 16. The number of hydrogen-bond acceptors (Lipinski definition) is 3. The molecule has 5 heterocycles. The lowest BCUT2D eigenvalue weighted by atomic mass is 9.46. The van der Waals surface area contributed by atoms with Gasteiger partial charge in [0.25, 0.3) is 0 Å². The van der Waals surface area contributed by atoms with Crippen molar-refractivity contribution >= 4 is 84.1 Å². The van der Waals surface area contributed by atoms with E-state index >= 15 is 0 Å². The highest BCUT2D eigenvalue weighted by molar-refractivity contribution is 6.93. The van der Waals surface area contributed by atoms with Gasteiger partial charge in [-0.15, -0.1) is 0 Å². The normalized spacial score (nSPS) is 16.7. The third-order valence-electron chi connectivity index (χ3n) is 15.5. The van der Waals surface area contributed by atoms with Crippen molar-refractivity contribution in [3.8, 4) is 16.8 Å². The fourth-order valence-electron chi connectivity index (χ4n) is 11.7. The van der Waals surface area contributed by atoms with Crippen molar-refractivity contribution in [3.63, 3.8) is 0 Å². The average Bonchev–Trinajstić information content (AvgIpc) is 3.90. The molecule has 12 rings (SSSR count). The van der Waals surface area contributed by atoms with Crippen LogP contribution >= 0.6 is 0 Å². The van der Waals surface area contributed by atoms with Gasteiger partial charge < -0.3 is 18.2 Å². The van der Waals surface area contributed by atoms with Crippen molar-refractivity contribution in [2.45, 2.75) is 130 Å². The number of nitrogens with zero attached hydrogens (tertiary/aromatic N) is 2. The first-order chi connectivity index (χ1) is 29.6. The van der Waals surface area contributed by atoms with Crippen LogP contribution in [0.4, 0.5) is 11.4 Å². The van der Waals surface area contributed by atoms with E-state index in [2.05, 4.69) is 196 Å². The Hall–Kier alpha value is -5.68. The second-order valence-corrected chi connectivity index (χ2v) is 23.7. The molecule has 0 spiro atoms. The molecule has 3 aliphatic rings. The molecule has 0 saturated carbocycles. The second-order valence-electron chi connectivity index (χ2n) is 23.7. The molecule has 63 heavy (non-hydrogen) atoms. The summed E-state index contributed by atoms with van der Waals surface area (Å²) >= 11 is 0. The molecular formula is C58H59BN2O2. The van der Waals surface area contributed by atoms with E-state index in [-0.39, 0.29) is 33.9 Å². The lowest BCUT2D eigenvalue weighted by Crippen LogP contribution is -2.60. The minimum atomic E-state index is -0.256. The van der Waals surface area contributed by atoms with Crippen LogP contribution in [0.25, 0.3) is 71.5 Å². The van der Waals surface area contributed by atoms with Gasteiger partial charge >= 0.3 is 6.85 Å². The minimum absolute atomic E-state index is 0.0252. The number of hydrogen-bond donors (Lipinski definition) is 0. The number of anilines is 2. The fourth-order valence-corrected chi connectivity index (χ4v) is 11.7. The van der Waals surface area contributed by atoms with Crippen molar-refractivity contribution in [1.29, 1.82) is 0 Å². The van der Waals surface area contributed by atoms with Crippen molar-refractivity contribution in [3.05, 3.63) is 125 Å². The lowest BCUT2D eigenvalue weighted by Gasteiger charge is -2.42. The molecule has 0 radical (unpaired) electrons. The summed E-state index contributed by atoms with van der Waals surface area (Å²) in [7, 11) is 0. The van der Waals surface area contributed by atoms with Crippen LogP contribution in [-0.4, -0.2) is 11.4 Å². The third-order valence-corrected chi connectivity index (χ3v) is 15.5. The SMILES string of the molecule is CC(C)(C)c1ccc(N2B3c4oc5ccc(C(C)(C)C)cc5c4-n4c5cc6c(cc5c5c7oc8ccccc8c7c(c3c54)-c3cc(C(C)(C)C)ccc32)C(C)(C)CCC6(C)C)cc1. The van der Waals surface area contributed by atoms with E-state index in [9.17, 15) is 0 Å². The quantitative estimate of drug-likeness (QED) is 0.155. The summed E-state index contributed by atoms with van der Waals surface area (Å²) in [5, 5.41) is 5.96. The van der Waals surface area contributed by atoms with Gasteiger partial charge in [0.2, 0.25) is 0 Å². The maximum Gasteiger partial charge on any atom is 0.376 e. The molecule has 1 aliphatic carbocycles. The first kappa shape index (κ1) is 39.0. The highest BCUT2D eigenvalue weighted by Crippen LogP contribution is 2.55. The fraction of sp³-hybridized carbons (Fsp3) is 0.345. The van der Waals surface area contributed by atoms with Gasteiger partial charge in [-0.1, -0.05) is 132 Å². The Morgan fingerprint density at radius 2 is 1.17 bits per heavy atom. The maximum absolute atomic E-state index is 7.46. The molecule has 0 saturated heterocycles. The Kier molecular flexibility index (Phi) is 7.49. The molecule has 5 heteroatoms. The van der Waals surface area contributed by atoms with Crippen LogP contribution < -0.4 is 15.9 Å². The standard InChI is InChI=1S/C58H59BN2O2/c1-54(2,3)32-18-22-35(23-19-32)61-42-24-20-33(55(4,5)6)28-37(42)46-47-36-16-14-15-17-44(36)62-52(47)48-38-30-40-41(58(12,13)27-26-57(40,10)11)31-43(38)60-50-39-29-34(56(7,8)9)21-25-45(39)63-53(50)59(61)49(46)51(48)60/h14-25,28-31H,26-27H2,1-13H3. The summed E-state index contributed by atoms with van der Waals surface area (Å²) in [4.78, 5) is 2.61. The van der Waals surface area contributed by atoms with Crippen molar-refractivity contribution in [2.24, 2.45) is 0 Å². The molecule has 3 aromatic heterocycles. The lowest BCUT2D eigenvalue weighted by molar-refractivity contribution is 0.332. The van der Waals surface area contributed by atoms with Gasteiger partial charge in [-0.05, 0) is 133 Å². The summed E-state index contributed by atoms with van der Waals surface area (Å²) in [5.41, 5.74) is 20.3. The molecule has 9 aromatic rings. The number of aromatic nitrogens is 1. The zero-order valence-electron chi connectivity index (χ0n) is 39.4.